The molecule has 0 bridgehead atoms. The quantitative estimate of drug-likeness (QED) is 0.358. The number of nitrogens with zero attached hydrogens (tertiary/aromatic N) is 3. The van der Waals surface area contributed by atoms with E-state index in [0.717, 1.165) is 31.4 Å². The second kappa shape index (κ2) is 10.9. The molecule has 182 valence electrons. The highest BCUT2D eigenvalue weighted by atomic mass is 35.5. The van der Waals surface area contributed by atoms with Gasteiger partial charge in [0.25, 0.3) is 0 Å². The molecule has 2 heterocycles. The third-order valence-corrected chi connectivity index (χ3v) is 6.60. The van der Waals surface area contributed by atoms with Crippen LogP contribution in [0.25, 0.3) is 22.6 Å². The standard InChI is InChI=1S/C24H29Cl2N5O3/c1-13-20(14(2)34-31-13)22-21(26)24(28-15-10-17(11-15)32-4)30-23(29-22)18-12-16(6-7-19(18)25)33-9-5-8-27-3/h6-7,12,15,17,27H,5,8-11H2,1-4H3,(H,28,29,30). The number of anilines is 1. The highest BCUT2D eigenvalue weighted by Crippen LogP contribution is 2.39. The second-order valence-electron chi connectivity index (χ2n) is 8.38. The Hall–Kier alpha value is -2.39. The van der Waals surface area contributed by atoms with Crippen LogP contribution < -0.4 is 15.4 Å². The summed E-state index contributed by atoms with van der Waals surface area (Å²) in [4.78, 5) is 9.56. The van der Waals surface area contributed by atoms with Gasteiger partial charge in [-0.3, -0.25) is 0 Å². The molecule has 4 rings (SSSR count). The Morgan fingerprint density at radius 2 is 1.97 bits per heavy atom. The molecule has 1 aliphatic rings. The van der Waals surface area contributed by atoms with Crippen molar-refractivity contribution in [3.05, 3.63) is 39.7 Å². The van der Waals surface area contributed by atoms with Crippen molar-refractivity contribution < 1.29 is 14.0 Å². The number of rotatable bonds is 10. The molecule has 1 aromatic carbocycles. The van der Waals surface area contributed by atoms with E-state index in [1.807, 2.05) is 33.0 Å². The number of halogens is 2. The molecule has 2 N–H and O–H groups in total. The first-order valence-corrected chi connectivity index (χ1v) is 12.0. The van der Waals surface area contributed by atoms with Gasteiger partial charge in [0.1, 0.15) is 28.0 Å². The van der Waals surface area contributed by atoms with Crippen LogP contribution in [0.5, 0.6) is 5.75 Å². The van der Waals surface area contributed by atoms with E-state index < -0.39 is 0 Å². The SMILES string of the molecule is CNCCCOc1ccc(Cl)c(-c2nc(NC3CC(OC)C3)c(Cl)c(-c3c(C)noc3C)n2)c1. The fraction of sp³-hybridized carbons (Fsp3) is 0.458. The Balaban J connectivity index is 1.73. The lowest BCUT2D eigenvalue weighted by atomic mass is 9.89. The van der Waals surface area contributed by atoms with Crippen molar-refractivity contribution in [3.8, 4) is 28.4 Å². The largest absolute Gasteiger partial charge is 0.494 e. The summed E-state index contributed by atoms with van der Waals surface area (Å²) in [5.74, 6) is 2.31. The molecule has 34 heavy (non-hydrogen) atoms. The molecule has 0 unspecified atom stereocenters. The van der Waals surface area contributed by atoms with Crippen molar-refractivity contribution in [1.82, 2.24) is 20.4 Å². The highest BCUT2D eigenvalue weighted by molar-refractivity contribution is 6.35. The summed E-state index contributed by atoms with van der Waals surface area (Å²) in [6.45, 7) is 5.16. The topological polar surface area (TPSA) is 94.3 Å². The van der Waals surface area contributed by atoms with Crippen LogP contribution in [0.15, 0.2) is 22.7 Å². The van der Waals surface area contributed by atoms with Gasteiger partial charge < -0.3 is 24.6 Å². The van der Waals surface area contributed by atoms with Crippen molar-refractivity contribution in [3.63, 3.8) is 0 Å². The van der Waals surface area contributed by atoms with E-state index in [4.69, 9.17) is 47.2 Å². The Morgan fingerprint density at radius 3 is 2.65 bits per heavy atom. The number of ether oxygens (including phenoxy) is 2. The van der Waals surface area contributed by atoms with Gasteiger partial charge in [0.05, 0.1) is 29.0 Å². The Kier molecular flexibility index (Phi) is 7.93. The lowest BCUT2D eigenvalue weighted by molar-refractivity contribution is 0.0328. The lowest BCUT2D eigenvalue weighted by Crippen LogP contribution is -2.40. The first-order valence-electron chi connectivity index (χ1n) is 11.3. The Labute approximate surface area is 209 Å². The molecule has 0 atom stereocenters. The summed E-state index contributed by atoms with van der Waals surface area (Å²) in [5, 5.41) is 11.6. The molecule has 0 spiro atoms. The molecule has 10 heteroatoms. The molecular formula is C24H29Cl2N5O3. The third kappa shape index (κ3) is 5.30. The molecule has 8 nitrogen and oxygen atoms in total. The average Bonchev–Trinajstić information content (AvgIpc) is 3.13. The first-order chi connectivity index (χ1) is 16.4. The molecular weight excluding hydrogens is 477 g/mol. The van der Waals surface area contributed by atoms with Crippen LogP contribution in [0.3, 0.4) is 0 Å². The van der Waals surface area contributed by atoms with E-state index in [1.165, 1.54) is 0 Å². The minimum Gasteiger partial charge on any atom is -0.494 e. The maximum absolute atomic E-state index is 6.82. The van der Waals surface area contributed by atoms with Gasteiger partial charge >= 0.3 is 0 Å². The minimum atomic E-state index is 0.208. The normalized spacial score (nSPS) is 17.5. The van der Waals surface area contributed by atoms with E-state index in [9.17, 15) is 0 Å². The van der Waals surface area contributed by atoms with Crippen molar-refractivity contribution >= 4 is 29.0 Å². The van der Waals surface area contributed by atoms with E-state index in [-0.39, 0.29) is 12.1 Å². The summed E-state index contributed by atoms with van der Waals surface area (Å²) in [6, 6.07) is 5.70. The van der Waals surface area contributed by atoms with Gasteiger partial charge in [0.15, 0.2) is 5.82 Å². The summed E-state index contributed by atoms with van der Waals surface area (Å²) in [5.41, 5.74) is 2.65. The van der Waals surface area contributed by atoms with Crippen molar-refractivity contribution in [2.45, 2.75) is 45.3 Å². The molecule has 1 saturated carbocycles. The second-order valence-corrected chi connectivity index (χ2v) is 9.16. The lowest BCUT2D eigenvalue weighted by Gasteiger charge is -2.35. The summed E-state index contributed by atoms with van der Waals surface area (Å²) >= 11 is 13.4. The number of aryl methyl sites for hydroxylation is 2. The number of benzene rings is 1. The Morgan fingerprint density at radius 1 is 1.18 bits per heavy atom. The maximum atomic E-state index is 6.82. The zero-order chi connectivity index (χ0) is 24.2. The van der Waals surface area contributed by atoms with Gasteiger partial charge in [-0.15, -0.1) is 0 Å². The van der Waals surface area contributed by atoms with Crippen LogP contribution in [-0.4, -0.2) is 54.6 Å². The predicted molar refractivity (Wildman–Crippen MR) is 134 cm³/mol. The van der Waals surface area contributed by atoms with Gasteiger partial charge in [0.2, 0.25) is 0 Å². The number of hydrogen-bond donors (Lipinski definition) is 2. The third-order valence-electron chi connectivity index (χ3n) is 5.91. The summed E-state index contributed by atoms with van der Waals surface area (Å²) in [6.07, 6.45) is 2.89. The molecule has 0 saturated heterocycles. The van der Waals surface area contributed by atoms with Crippen LogP contribution >= 0.6 is 23.2 Å². The number of nitrogens with one attached hydrogen (secondary N) is 2. The predicted octanol–water partition coefficient (Wildman–Crippen LogP) is 5.30. The first kappa shape index (κ1) is 24.7. The molecule has 0 amide bonds. The molecule has 0 radical (unpaired) electrons. The minimum absolute atomic E-state index is 0.208. The zero-order valence-electron chi connectivity index (χ0n) is 19.7. The average molecular weight is 506 g/mol. The summed E-state index contributed by atoms with van der Waals surface area (Å²) in [7, 11) is 3.64. The zero-order valence-corrected chi connectivity index (χ0v) is 21.3. The van der Waals surface area contributed by atoms with Gasteiger partial charge in [-0.25, -0.2) is 9.97 Å². The van der Waals surface area contributed by atoms with Crippen LogP contribution in [0.2, 0.25) is 10.0 Å². The smallest absolute Gasteiger partial charge is 0.163 e. The molecule has 2 aromatic heterocycles. The molecule has 1 fully saturated rings. The van der Waals surface area contributed by atoms with E-state index in [2.05, 4.69) is 15.8 Å². The van der Waals surface area contributed by atoms with Crippen LogP contribution in [-0.2, 0) is 4.74 Å². The number of hydrogen-bond acceptors (Lipinski definition) is 8. The van der Waals surface area contributed by atoms with Crippen molar-refractivity contribution in [1.29, 1.82) is 0 Å². The molecule has 3 aromatic rings. The van der Waals surface area contributed by atoms with Crippen molar-refractivity contribution in [2.24, 2.45) is 0 Å². The fourth-order valence-corrected chi connectivity index (χ4v) is 4.36. The van der Waals surface area contributed by atoms with Crippen LogP contribution in [0.1, 0.15) is 30.7 Å². The van der Waals surface area contributed by atoms with Crippen molar-refractivity contribution in [2.75, 3.05) is 32.6 Å². The van der Waals surface area contributed by atoms with Gasteiger partial charge in [-0.1, -0.05) is 28.4 Å². The molecule has 1 aliphatic carbocycles. The Bertz CT molecular complexity index is 1130. The van der Waals surface area contributed by atoms with Gasteiger partial charge in [-0.05, 0) is 64.9 Å². The highest BCUT2D eigenvalue weighted by Gasteiger charge is 2.31. The monoisotopic (exact) mass is 505 g/mol. The van der Waals surface area contributed by atoms with Gasteiger partial charge in [-0.2, -0.15) is 0 Å². The van der Waals surface area contributed by atoms with Gasteiger partial charge in [0, 0.05) is 18.7 Å². The van der Waals surface area contributed by atoms with Crippen LogP contribution in [0, 0.1) is 13.8 Å². The summed E-state index contributed by atoms with van der Waals surface area (Å²) < 4.78 is 16.7. The maximum Gasteiger partial charge on any atom is 0.163 e. The van der Waals surface area contributed by atoms with E-state index in [0.29, 0.717) is 56.8 Å². The van der Waals surface area contributed by atoms with Crippen LogP contribution in [0.4, 0.5) is 5.82 Å². The fourth-order valence-electron chi connectivity index (χ4n) is 3.92. The molecule has 0 aliphatic heterocycles. The number of aromatic nitrogens is 3. The number of methoxy groups -OCH3 is 1. The van der Waals surface area contributed by atoms with E-state index >= 15 is 0 Å². The van der Waals surface area contributed by atoms with E-state index in [1.54, 1.807) is 13.2 Å².